The largest absolute Gasteiger partial charge is 0.490 e. The van der Waals surface area contributed by atoms with Crippen molar-refractivity contribution >= 4 is 27.8 Å². The first kappa shape index (κ1) is 23.8. The molecule has 0 heterocycles. The number of nitriles is 1. The highest BCUT2D eigenvalue weighted by atomic mass is 79.9. The van der Waals surface area contributed by atoms with Gasteiger partial charge in [0.15, 0.2) is 11.5 Å². The molecule has 168 valence electrons. The number of non-ortho nitro benzene ring substituents is 1. The maximum absolute atomic E-state index is 11.0. The number of rotatable bonds is 10. The first-order valence-corrected chi connectivity index (χ1v) is 10.8. The van der Waals surface area contributed by atoms with Crippen molar-refractivity contribution in [1.29, 1.82) is 5.26 Å². The van der Waals surface area contributed by atoms with Crippen molar-refractivity contribution in [2.45, 2.75) is 20.1 Å². The molecule has 0 aliphatic rings. The summed E-state index contributed by atoms with van der Waals surface area (Å²) in [6.45, 7) is 2.58. The third kappa shape index (κ3) is 6.54. The van der Waals surface area contributed by atoms with Crippen molar-refractivity contribution in [3.8, 4) is 17.6 Å². The number of hydrogen-bond acceptors (Lipinski definition) is 7. The molecule has 9 heteroatoms. The highest BCUT2D eigenvalue weighted by Crippen LogP contribution is 2.37. The Morgan fingerprint density at radius 3 is 2.70 bits per heavy atom. The number of nitro groups is 1. The highest BCUT2D eigenvalue weighted by molar-refractivity contribution is 9.10. The molecule has 8 nitrogen and oxygen atoms in total. The van der Waals surface area contributed by atoms with E-state index in [2.05, 4.69) is 27.2 Å². The van der Waals surface area contributed by atoms with Crippen LogP contribution in [-0.4, -0.2) is 17.7 Å². The smallest absolute Gasteiger partial charge is 0.269 e. The van der Waals surface area contributed by atoms with Crippen molar-refractivity contribution in [3.63, 3.8) is 0 Å². The highest BCUT2D eigenvalue weighted by Gasteiger charge is 2.13. The van der Waals surface area contributed by atoms with Crippen LogP contribution in [0.4, 0.5) is 5.69 Å². The van der Waals surface area contributed by atoms with Crippen molar-refractivity contribution in [2.24, 2.45) is 5.16 Å². The van der Waals surface area contributed by atoms with Gasteiger partial charge in [-0.25, -0.2) is 0 Å². The third-order valence-electron chi connectivity index (χ3n) is 4.47. The van der Waals surface area contributed by atoms with Crippen molar-refractivity contribution in [3.05, 3.63) is 97.5 Å². The Morgan fingerprint density at radius 2 is 1.94 bits per heavy atom. The van der Waals surface area contributed by atoms with Gasteiger partial charge in [0.1, 0.15) is 13.2 Å². The van der Waals surface area contributed by atoms with E-state index in [9.17, 15) is 10.1 Å². The van der Waals surface area contributed by atoms with Crippen LogP contribution in [0.5, 0.6) is 11.5 Å². The van der Waals surface area contributed by atoms with Crippen molar-refractivity contribution < 1.29 is 19.2 Å². The summed E-state index contributed by atoms with van der Waals surface area (Å²) >= 11 is 3.49. The summed E-state index contributed by atoms with van der Waals surface area (Å²) in [5, 5.41) is 24.1. The van der Waals surface area contributed by atoms with E-state index in [0.717, 1.165) is 5.56 Å². The van der Waals surface area contributed by atoms with E-state index in [4.69, 9.17) is 19.6 Å². The number of hydrogen-bond donors (Lipinski definition) is 0. The van der Waals surface area contributed by atoms with Crippen LogP contribution >= 0.6 is 15.9 Å². The maximum Gasteiger partial charge on any atom is 0.269 e. The Balaban J connectivity index is 1.71. The van der Waals surface area contributed by atoms with E-state index in [1.165, 1.54) is 18.3 Å². The fraction of sp³-hybridized carbons (Fsp3) is 0.167. The molecular weight excluding hydrogens is 490 g/mol. The number of benzene rings is 3. The summed E-state index contributed by atoms with van der Waals surface area (Å²) in [5.41, 5.74) is 2.67. The standard InChI is InChI=1S/C24H20BrN3O5/c1-2-31-23-12-18(14-27-33-16-20-8-4-3-7-19(20)13-26)11-22(25)24(23)32-15-17-6-5-9-21(10-17)28(29)30/h3-12,14H,2,15-16H2,1H3/b27-14-. The Bertz CT molecular complexity index is 1210. The van der Waals surface area contributed by atoms with E-state index in [-0.39, 0.29) is 18.9 Å². The van der Waals surface area contributed by atoms with Crippen LogP contribution in [0, 0.1) is 21.4 Å². The van der Waals surface area contributed by atoms with E-state index in [1.54, 1.807) is 36.4 Å². The second-order valence-electron chi connectivity index (χ2n) is 6.76. The fourth-order valence-electron chi connectivity index (χ4n) is 2.94. The van der Waals surface area contributed by atoms with Crippen LogP contribution in [-0.2, 0) is 18.1 Å². The molecule has 0 spiro atoms. The zero-order valence-electron chi connectivity index (χ0n) is 17.7. The first-order valence-electron chi connectivity index (χ1n) is 9.97. The van der Waals surface area contributed by atoms with E-state index in [0.29, 0.717) is 39.3 Å². The van der Waals surface area contributed by atoms with Crippen LogP contribution in [0.2, 0.25) is 0 Å². The minimum Gasteiger partial charge on any atom is -0.490 e. The Kier molecular flexibility index (Phi) is 8.38. The van der Waals surface area contributed by atoms with Gasteiger partial charge in [0, 0.05) is 23.3 Å². The van der Waals surface area contributed by atoms with Gasteiger partial charge in [-0.1, -0.05) is 35.5 Å². The van der Waals surface area contributed by atoms with Gasteiger partial charge < -0.3 is 14.3 Å². The summed E-state index contributed by atoms with van der Waals surface area (Å²) in [4.78, 5) is 15.9. The Hall–Kier alpha value is -3.90. The summed E-state index contributed by atoms with van der Waals surface area (Å²) in [6, 6.07) is 19.1. The summed E-state index contributed by atoms with van der Waals surface area (Å²) in [5.74, 6) is 0.970. The van der Waals surface area contributed by atoms with Gasteiger partial charge in [0.25, 0.3) is 5.69 Å². The van der Waals surface area contributed by atoms with Crippen LogP contribution in [0.1, 0.15) is 29.2 Å². The average Bonchev–Trinajstić information content (AvgIpc) is 2.82. The van der Waals surface area contributed by atoms with Crippen molar-refractivity contribution in [1.82, 2.24) is 0 Å². The molecule has 0 aliphatic carbocycles. The van der Waals surface area contributed by atoms with Crippen LogP contribution in [0.25, 0.3) is 0 Å². The molecule has 0 aliphatic heterocycles. The molecule has 33 heavy (non-hydrogen) atoms. The van der Waals surface area contributed by atoms with Gasteiger partial charge in [-0.15, -0.1) is 0 Å². The molecule has 0 N–H and O–H groups in total. The number of halogens is 1. The molecule has 0 saturated heterocycles. The minimum absolute atomic E-state index is 0.00384. The predicted molar refractivity (Wildman–Crippen MR) is 126 cm³/mol. The van der Waals surface area contributed by atoms with Gasteiger partial charge in [-0.2, -0.15) is 5.26 Å². The zero-order valence-corrected chi connectivity index (χ0v) is 19.3. The molecule has 0 radical (unpaired) electrons. The van der Waals surface area contributed by atoms with E-state index < -0.39 is 4.92 Å². The lowest BCUT2D eigenvalue weighted by Gasteiger charge is -2.14. The lowest BCUT2D eigenvalue weighted by atomic mass is 10.1. The molecule has 3 aromatic carbocycles. The van der Waals surface area contributed by atoms with Gasteiger partial charge in [0.2, 0.25) is 0 Å². The normalized spacial score (nSPS) is 10.6. The first-order chi connectivity index (χ1) is 16.0. The molecule has 0 bridgehead atoms. The third-order valence-corrected chi connectivity index (χ3v) is 5.06. The van der Waals surface area contributed by atoms with Crippen molar-refractivity contribution in [2.75, 3.05) is 6.61 Å². The molecule has 0 atom stereocenters. The molecule has 0 aromatic heterocycles. The molecular formula is C24H20BrN3O5. The fourth-order valence-corrected chi connectivity index (χ4v) is 3.52. The Labute approximate surface area is 199 Å². The summed E-state index contributed by atoms with van der Waals surface area (Å²) < 4.78 is 12.3. The van der Waals surface area contributed by atoms with Crippen LogP contribution in [0.3, 0.4) is 0 Å². The molecule has 0 fully saturated rings. The predicted octanol–water partition coefficient (Wildman–Crippen LogP) is 5.76. The second-order valence-corrected chi connectivity index (χ2v) is 7.61. The maximum atomic E-state index is 11.0. The second kappa shape index (κ2) is 11.6. The van der Waals surface area contributed by atoms with Gasteiger partial charge in [-0.05, 0) is 46.6 Å². The van der Waals surface area contributed by atoms with Crippen LogP contribution < -0.4 is 9.47 Å². The number of nitrogens with zero attached hydrogens (tertiary/aromatic N) is 3. The monoisotopic (exact) mass is 509 g/mol. The summed E-state index contributed by atoms with van der Waals surface area (Å²) in [7, 11) is 0. The van der Waals surface area contributed by atoms with Crippen LogP contribution in [0.15, 0.2) is 70.3 Å². The molecule has 0 saturated carbocycles. The number of ether oxygens (including phenoxy) is 2. The molecule has 0 amide bonds. The quantitative estimate of drug-likeness (QED) is 0.195. The molecule has 3 rings (SSSR count). The summed E-state index contributed by atoms with van der Waals surface area (Å²) in [6.07, 6.45) is 1.53. The van der Waals surface area contributed by atoms with E-state index >= 15 is 0 Å². The Morgan fingerprint density at radius 1 is 1.12 bits per heavy atom. The molecule has 0 unspecified atom stereocenters. The van der Waals surface area contributed by atoms with Gasteiger partial charge in [0.05, 0.1) is 33.9 Å². The lowest BCUT2D eigenvalue weighted by molar-refractivity contribution is -0.384. The molecule has 3 aromatic rings. The van der Waals surface area contributed by atoms with E-state index in [1.807, 2.05) is 19.1 Å². The minimum atomic E-state index is -0.444. The van der Waals surface area contributed by atoms with Gasteiger partial charge in [-0.3, -0.25) is 10.1 Å². The average molecular weight is 510 g/mol. The topological polar surface area (TPSA) is 107 Å². The SMILES string of the molecule is CCOc1cc(/C=N\OCc2ccccc2C#N)cc(Br)c1OCc1cccc([N+](=O)[O-])c1. The van der Waals surface area contributed by atoms with Gasteiger partial charge >= 0.3 is 0 Å². The lowest BCUT2D eigenvalue weighted by Crippen LogP contribution is -2.02. The number of oxime groups is 1. The zero-order chi connectivity index (χ0) is 23.6. The number of nitro benzene ring substituents is 1.